The van der Waals surface area contributed by atoms with Crippen LogP contribution in [0, 0.1) is 11.7 Å². The van der Waals surface area contributed by atoms with E-state index in [2.05, 4.69) is 45.0 Å². The van der Waals surface area contributed by atoms with Crippen LogP contribution in [0.25, 0.3) is 0 Å². The molecule has 1 fully saturated rings. The van der Waals surface area contributed by atoms with E-state index >= 15 is 0 Å². The summed E-state index contributed by atoms with van der Waals surface area (Å²) >= 11 is 0. The second-order valence-corrected chi connectivity index (χ2v) is 13.1. The van der Waals surface area contributed by atoms with Crippen LogP contribution in [0.1, 0.15) is 72.6 Å². The van der Waals surface area contributed by atoms with Crippen LogP contribution in [-0.4, -0.2) is 38.7 Å². The van der Waals surface area contributed by atoms with Crippen molar-refractivity contribution in [1.82, 2.24) is 0 Å². The standard InChI is InChI=1S/C39H39FN2O5/c1-39(2,3)27-15-11-23(12-16-27)25-19-30-35(32(43)20-25)36(24-13-17-28(40)18-14-24)42(31-10-8-7-9-29(31)41-30)38(44)26-21-33(45-4)37(47-6)34(22-26)46-5/h7-18,21-22,25,35-36H,19-20H2,1-6H3. The average Bonchev–Trinajstić information content (AvgIpc) is 3.22. The fourth-order valence-electron chi connectivity index (χ4n) is 6.77. The Bertz CT molecular complexity index is 1820. The molecular weight excluding hydrogens is 595 g/mol. The van der Waals surface area contributed by atoms with Gasteiger partial charge in [0.05, 0.1) is 44.7 Å². The van der Waals surface area contributed by atoms with Gasteiger partial charge in [-0.2, -0.15) is 0 Å². The van der Waals surface area contributed by atoms with Crippen molar-refractivity contribution >= 4 is 28.8 Å². The molecule has 1 saturated carbocycles. The smallest absolute Gasteiger partial charge is 0.259 e. The first kappa shape index (κ1) is 32.0. The van der Waals surface area contributed by atoms with Crippen LogP contribution in [0.15, 0.2) is 89.9 Å². The van der Waals surface area contributed by atoms with Gasteiger partial charge in [-0.25, -0.2) is 4.39 Å². The normalized spacial score (nSPS) is 19.2. The number of ether oxygens (including phenoxy) is 3. The first-order valence-corrected chi connectivity index (χ1v) is 15.7. The number of ketones is 1. The maximum Gasteiger partial charge on any atom is 0.259 e. The lowest BCUT2D eigenvalue weighted by atomic mass is 9.71. The number of amides is 1. The summed E-state index contributed by atoms with van der Waals surface area (Å²) in [4.78, 5) is 36.0. The fourth-order valence-corrected chi connectivity index (χ4v) is 6.77. The largest absolute Gasteiger partial charge is 0.493 e. The minimum atomic E-state index is -0.790. The second kappa shape index (κ2) is 12.7. The number of halogens is 1. The number of hydrogen-bond donors (Lipinski definition) is 0. The third-order valence-electron chi connectivity index (χ3n) is 9.20. The van der Waals surface area contributed by atoms with Gasteiger partial charge in [0, 0.05) is 17.7 Å². The first-order valence-electron chi connectivity index (χ1n) is 15.7. The van der Waals surface area contributed by atoms with Gasteiger partial charge in [0.2, 0.25) is 5.75 Å². The van der Waals surface area contributed by atoms with Crippen LogP contribution in [0.4, 0.5) is 15.8 Å². The van der Waals surface area contributed by atoms with Gasteiger partial charge < -0.3 is 14.2 Å². The third-order valence-corrected chi connectivity index (χ3v) is 9.20. The Morgan fingerprint density at radius 1 is 0.830 bits per heavy atom. The molecule has 7 nitrogen and oxygen atoms in total. The van der Waals surface area contributed by atoms with Gasteiger partial charge in [0.15, 0.2) is 11.5 Å². The number of carbonyl (C=O) groups excluding carboxylic acids is 2. The lowest BCUT2D eigenvalue weighted by molar-refractivity contribution is -0.122. The van der Waals surface area contributed by atoms with E-state index in [0.29, 0.717) is 52.7 Å². The zero-order valence-electron chi connectivity index (χ0n) is 27.5. The van der Waals surface area contributed by atoms with Crippen LogP contribution in [0.2, 0.25) is 0 Å². The molecule has 0 radical (unpaired) electrons. The van der Waals surface area contributed by atoms with Crippen LogP contribution >= 0.6 is 0 Å². The predicted molar refractivity (Wildman–Crippen MR) is 181 cm³/mol. The van der Waals surface area contributed by atoms with Gasteiger partial charge in [-0.1, -0.05) is 69.3 Å². The summed E-state index contributed by atoms with van der Waals surface area (Å²) in [6, 6.07) is 24.3. The van der Waals surface area contributed by atoms with Gasteiger partial charge in [0.1, 0.15) is 11.6 Å². The maximum absolute atomic E-state index is 14.8. The zero-order valence-corrected chi connectivity index (χ0v) is 27.5. The molecule has 8 heteroatoms. The van der Waals surface area contributed by atoms with E-state index in [1.807, 2.05) is 24.3 Å². The van der Waals surface area contributed by atoms with Crippen molar-refractivity contribution in [3.63, 3.8) is 0 Å². The van der Waals surface area contributed by atoms with E-state index in [9.17, 15) is 14.0 Å². The molecule has 1 aliphatic heterocycles. The molecule has 4 aromatic carbocycles. The van der Waals surface area contributed by atoms with E-state index in [1.54, 1.807) is 29.2 Å². The zero-order chi connectivity index (χ0) is 33.5. The number of carbonyl (C=O) groups is 2. The van der Waals surface area contributed by atoms with Crippen molar-refractivity contribution in [3.8, 4) is 17.2 Å². The number of fused-ring (bicyclic) bond motifs is 2. The monoisotopic (exact) mass is 634 g/mol. The Morgan fingerprint density at radius 2 is 1.45 bits per heavy atom. The fraction of sp³-hybridized carbons (Fsp3) is 0.308. The van der Waals surface area contributed by atoms with Gasteiger partial charge >= 0.3 is 0 Å². The summed E-state index contributed by atoms with van der Waals surface area (Å²) in [5, 5.41) is 0. The number of aliphatic imine (C=N–C) groups is 1. The molecule has 2 aliphatic rings. The maximum atomic E-state index is 14.8. The molecular formula is C39H39FN2O5. The summed E-state index contributed by atoms with van der Waals surface area (Å²) in [6.45, 7) is 6.53. The molecule has 242 valence electrons. The average molecular weight is 635 g/mol. The molecule has 47 heavy (non-hydrogen) atoms. The number of methoxy groups -OCH3 is 3. The van der Waals surface area contributed by atoms with Crippen LogP contribution in [-0.2, 0) is 10.2 Å². The number of benzene rings is 4. The van der Waals surface area contributed by atoms with Gasteiger partial charge in [-0.15, -0.1) is 0 Å². The number of hydrogen-bond acceptors (Lipinski definition) is 6. The van der Waals surface area contributed by atoms with Crippen LogP contribution < -0.4 is 19.1 Å². The second-order valence-electron chi connectivity index (χ2n) is 13.1. The van der Waals surface area contributed by atoms with Crippen LogP contribution in [0.5, 0.6) is 17.2 Å². The number of anilines is 1. The lowest BCUT2D eigenvalue weighted by Crippen LogP contribution is -2.45. The van der Waals surface area contributed by atoms with E-state index < -0.39 is 23.7 Å². The Morgan fingerprint density at radius 3 is 2.04 bits per heavy atom. The van der Waals surface area contributed by atoms with Crippen molar-refractivity contribution in [2.75, 3.05) is 26.2 Å². The molecule has 0 aromatic heterocycles. The molecule has 3 atom stereocenters. The highest BCUT2D eigenvalue weighted by Gasteiger charge is 2.46. The molecule has 0 spiro atoms. The van der Waals surface area contributed by atoms with Crippen molar-refractivity contribution < 1.29 is 28.2 Å². The highest BCUT2D eigenvalue weighted by molar-refractivity contribution is 6.15. The minimum Gasteiger partial charge on any atom is -0.493 e. The molecule has 1 heterocycles. The Hall–Kier alpha value is -4.98. The highest BCUT2D eigenvalue weighted by atomic mass is 19.1. The Labute approximate surface area is 275 Å². The topological polar surface area (TPSA) is 77.4 Å². The molecule has 1 aliphatic carbocycles. The number of Topliss-reactive ketones (excluding diaryl/α,β-unsaturated/α-hetero) is 1. The van der Waals surface area contributed by atoms with Gasteiger partial charge in [0.25, 0.3) is 5.91 Å². The third kappa shape index (κ3) is 6.00. The van der Waals surface area contributed by atoms with E-state index in [-0.39, 0.29) is 22.7 Å². The van der Waals surface area contributed by atoms with Crippen molar-refractivity contribution in [3.05, 3.63) is 113 Å². The summed E-state index contributed by atoms with van der Waals surface area (Å²) in [6.07, 6.45) is 0.836. The molecule has 4 aromatic rings. The molecule has 0 bridgehead atoms. The van der Waals surface area contributed by atoms with Crippen molar-refractivity contribution in [2.45, 2.75) is 51.0 Å². The number of nitrogens with zero attached hydrogens (tertiary/aromatic N) is 2. The Balaban J connectivity index is 1.50. The summed E-state index contributed by atoms with van der Waals surface area (Å²) in [5.41, 5.74) is 5.03. The summed E-state index contributed by atoms with van der Waals surface area (Å²) in [7, 11) is 4.47. The SMILES string of the molecule is COc1cc(C(=O)N2c3ccccc3N=C3CC(c4ccc(C(C)(C)C)cc4)CC(=O)C3C2c2ccc(F)cc2)cc(OC)c1OC. The summed E-state index contributed by atoms with van der Waals surface area (Å²) in [5.74, 6) is -0.639. The predicted octanol–water partition coefficient (Wildman–Crippen LogP) is 8.39. The molecule has 3 unspecified atom stereocenters. The number of rotatable bonds is 6. The summed E-state index contributed by atoms with van der Waals surface area (Å²) < 4.78 is 30.9. The lowest BCUT2D eigenvalue weighted by Gasteiger charge is -2.39. The molecule has 1 amide bonds. The van der Waals surface area contributed by atoms with E-state index in [1.165, 1.54) is 39.0 Å². The van der Waals surface area contributed by atoms with E-state index in [4.69, 9.17) is 19.2 Å². The first-order chi connectivity index (χ1) is 22.5. The molecule has 0 saturated heterocycles. The number of para-hydroxylation sites is 2. The Kier molecular flexibility index (Phi) is 8.62. The minimum absolute atomic E-state index is 0.0113. The van der Waals surface area contributed by atoms with Crippen molar-refractivity contribution in [2.24, 2.45) is 10.9 Å². The molecule has 6 rings (SSSR count). The van der Waals surface area contributed by atoms with Crippen molar-refractivity contribution in [1.29, 1.82) is 0 Å². The van der Waals surface area contributed by atoms with Gasteiger partial charge in [-0.05, 0) is 70.8 Å². The van der Waals surface area contributed by atoms with E-state index in [0.717, 1.165) is 5.56 Å². The molecule has 0 N–H and O–H groups in total. The van der Waals surface area contributed by atoms with Crippen LogP contribution in [0.3, 0.4) is 0 Å². The quantitative estimate of drug-likeness (QED) is 0.213. The van der Waals surface area contributed by atoms with Gasteiger partial charge in [-0.3, -0.25) is 19.5 Å². The highest BCUT2D eigenvalue weighted by Crippen LogP contribution is 2.49.